The summed E-state index contributed by atoms with van der Waals surface area (Å²) >= 11 is 0. The van der Waals surface area contributed by atoms with E-state index in [0.29, 0.717) is 17.2 Å². The van der Waals surface area contributed by atoms with Crippen molar-refractivity contribution < 1.29 is 9.94 Å². The lowest BCUT2D eigenvalue weighted by Gasteiger charge is -2.19. The molecule has 1 aliphatic carbocycles. The molecule has 3 rings (SSSR count). The third-order valence-corrected chi connectivity index (χ3v) is 4.30. The quantitative estimate of drug-likeness (QED) is 0.517. The average molecular weight is 272 g/mol. The monoisotopic (exact) mass is 272 g/mol. The lowest BCUT2D eigenvalue weighted by atomic mass is 9.89. The SMILES string of the molecule is Cc1c(-c2ccccc2)n(O)c(C2CCCCC2)[n+]1[O-]. The minimum atomic E-state index is 0.169. The summed E-state index contributed by atoms with van der Waals surface area (Å²) in [4.78, 5) is 0. The molecule has 1 fully saturated rings. The predicted molar refractivity (Wildman–Crippen MR) is 76.6 cm³/mol. The molecule has 0 radical (unpaired) electrons. The van der Waals surface area contributed by atoms with Crippen molar-refractivity contribution in [2.75, 3.05) is 0 Å². The highest BCUT2D eigenvalue weighted by atomic mass is 16.5. The summed E-state index contributed by atoms with van der Waals surface area (Å²) in [6.45, 7) is 1.77. The number of nitrogens with zero attached hydrogens (tertiary/aromatic N) is 2. The third-order valence-electron chi connectivity index (χ3n) is 4.30. The molecule has 1 aromatic heterocycles. The molecule has 0 saturated heterocycles. The molecular weight excluding hydrogens is 252 g/mol. The van der Waals surface area contributed by atoms with Crippen LogP contribution in [-0.4, -0.2) is 9.94 Å². The molecule has 20 heavy (non-hydrogen) atoms. The Kier molecular flexibility index (Phi) is 3.38. The number of hydrogen-bond acceptors (Lipinski definition) is 2. The van der Waals surface area contributed by atoms with Crippen molar-refractivity contribution in [3.8, 4) is 11.3 Å². The molecule has 1 aliphatic rings. The Bertz CT molecular complexity index is 599. The standard InChI is InChI=1S/C16H20N2O2/c1-12-15(13-8-4-2-5-9-13)18(20)16(17(12)19)14-10-6-3-7-11-14/h2,4-5,8-9,14,20H,3,6-7,10-11H2,1H3. The van der Waals surface area contributed by atoms with Crippen LogP contribution in [0.1, 0.15) is 49.5 Å². The van der Waals surface area contributed by atoms with E-state index in [4.69, 9.17) is 0 Å². The predicted octanol–water partition coefficient (Wildman–Crippen LogP) is 3.38. The lowest BCUT2D eigenvalue weighted by molar-refractivity contribution is -0.623. The molecule has 1 N–H and O–H groups in total. The van der Waals surface area contributed by atoms with E-state index < -0.39 is 0 Å². The number of hydrogen-bond donors (Lipinski definition) is 1. The second-order valence-electron chi connectivity index (χ2n) is 5.60. The molecule has 0 amide bonds. The maximum Gasteiger partial charge on any atom is 0.303 e. The third kappa shape index (κ3) is 2.05. The van der Waals surface area contributed by atoms with E-state index in [9.17, 15) is 10.4 Å². The van der Waals surface area contributed by atoms with Crippen molar-refractivity contribution in [2.24, 2.45) is 0 Å². The minimum Gasteiger partial charge on any atom is -0.710 e. The van der Waals surface area contributed by atoms with Crippen LogP contribution in [0.15, 0.2) is 30.3 Å². The van der Waals surface area contributed by atoms with Gasteiger partial charge in [-0.25, -0.2) is 4.73 Å². The smallest absolute Gasteiger partial charge is 0.303 e. The van der Waals surface area contributed by atoms with E-state index in [-0.39, 0.29) is 5.92 Å². The fraction of sp³-hybridized carbons (Fsp3) is 0.438. The van der Waals surface area contributed by atoms with Gasteiger partial charge < -0.3 is 10.4 Å². The molecule has 1 aromatic carbocycles. The number of aromatic nitrogens is 2. The van der Waals surface area contributed by atoms with Gasteiger partial charge in [0, 0.05) is 12.5 Å². The van der Waals surface area contributed by atoms with E-state index in [0.717, 1.165) is 40.7 Å². The number of imidazole rings is 1. The summed E-state index contributed by atoms with van der Waals surface area (Å²) in [5.74, 6) is 0.670. The highest BCUT2D eigenvalue weighted by Gasteiger charge is 2.33. The summed E-state index contributed by atoms with van der Waals surface area (Å²) in [5, 5.41) is 22.9. The van der Waals surface area contributed by atoms with Crippen LogP contribution in [0.4, 0.5) is 0 Å². The maximum absolute atomic E-state index is 12.4. The van der Waals surface area contributed by atoms with Gasteiger partial charge in [0.1, 0.15) is 0 Å². The van der Waals surface area contributed by atoms with Crippen molar-refractivity contribution in [2.45, 2.75) is 44.9 Å². The van der Waals surface area contributed by atoms with Crippen LogP contribution in [0.25, 0.3) is 11.3 Å². The molecule has 0 spiro atoms. The molecule has 0 unspecified atom stereocenters. The Labute approximate surface area is 118 Å². The number of rotatable bonds is 2. The fourth-order valence-corrected chi connectivity index (χ4v) is 3.25. The Hall–Kier alpha value is -1.97. The molecule has 1 heterocycles. The molecule has 0 bridgehead atoms. The molecule has 4 heteroatoms. The van der Waals surface area contributed by atoms with Crippen LogP contribution < -0.4 is 4.73 Å². The summed E-state index contributed by atoms with van der Waals surface area (Å²) in [6, 6.07) is 9.59. The highest BCUT2D eigenvalue weighted by Crippen LogP contribution is 2.33. The first kappa shape index (κ1) is 13.0. The Morgan fingerprint density at radius 3 is 2.45 bits per heavy atom. The zero-order valence-electron chi connectivity index (χ0n) is 11.7. The second-order valence-corrected chi connectivity index (χ2v) is 5.60. The minimum absolute atomic E-state index is 0.169. The van der Waals surface area contributed by atoms with Crippen molar-refractivity contribution in [1.82, 2.24) is 4.73 Å². The summed E-state index contributed by atoms with van der Waals surface area (Å²) < 4.78 is 2.03. The van der Waals surface area contributed by atoms with Crippen LogP contribution in [0.2, 0.25) is 0 Å². The fourth-order valence-electron chi connectivity index (χ4n) is 3.25. The topological polar surface area (TPSA) is 52.1 Å². The van der Waals surface area contributed by atoms with Gasteiger partial charge in [-0.2, -0.15) is 0 Å². The van der Waals surface area contributed by atoms with Gasteiger partial charge in [-0.1, -0.05) is 49.6 Å². The largest absolute Gasteiger partial charge is 0.710 e. The van der Waals surface area contributed by atoms with Gasteiger partial charge in [0.05, 0.1) is 5.92 Å². The van der Waals surface area contributed by atoms with Crippen LogP contribution in [0, 0.1) is 12.1 Å². The van der Waals surface area contributed by atoms with Gasteiger partial charge in [-0.3, -0.25) is 0 Å². The maximum atomic E-state index is 12.4. The second kappa shape index (κ2) is 5.19. The van der Waals surface area contributed by atoms with Gasteiger partial charge in [-0.05, 0) is 17.6 Å². The van der Waals surface area contributed by atoms with Gasteiger partial charge in [0.25, 0.3) is 0 Å². The van der Waals surface area contributed by atoms with Gasteiger partial charge in [0.15, 0.2) is 5.69 Å². The van der Waals surface area contributed by atoms with E-state index in [2.05, 4.69) is 0 Å². The van der Waals surface area contributed by atoms with E-state index in [1.807, 2.05) is 30.3 Å². The zero-order valence-corrected chi connectivity index (χ0v) is 11.7. The van der Waals surface area contributed by atoms with E-state index in [1.165, 1.54) is 6.42 Å². The van der Waals surface area contributed by atoms with Crippen LogP contribution in [0.5, 0.6) is 0 Å². The van der Waals surface area contributed by atoms with Gasteiger partial charge >= 0.3 is 5.82 Å². The van der Waals surface area contributed by atoms with Crippen molar-refractivity contribution >= 4 is 0 Å². The summed E-state index contributed by atoms with van der Waals surface area (Å²) in [5.41, 5.74) is 2.06. The Morgan fingerprint density at radius 2 is 1.80 bits per heavy atom. The Morgan fingerprint density at radius 1 is 1.15 bits per heavy atom. The first-order valence-electron chi connectivity index (χ1n) is 7.29. The van der Waals surface area contributed by atoms with Gasteiger partial charge in [0.2, 0.25) is 5.69 Å². The van der Waals surface area contributed by atoms with Crippen LogP contribution >= 0.6 is 0 Å². The van der Waals surface area contributed by atoms with Crippen molar-refractivity contribution in [3.63, 3.8) is 0 Å². The normalized spacial score (nSPS) is 16.4. The molecule has 0 atom stereocenters. The highest BCUT2D eigenvalue weighted by molar-refractivity contribution is 5.61. The molecule has 2 aromatic rings. The van der Waals surface area contributed by atoms with Gasteiger partial charge in [-0.15, -0.1) is 0 Å². The lowest BCUT2D eigenvalue weighted by Crippen LogP contribution is -2.35. The first-order valence-corrected chi connectivity index (χ1v) is 7.29. The summed E-state index contributed by atoms with van der Waals surface area (Å²) in [6.07, 6.45) is 5.47. The molecule has 106 valence electrons. The van der Waals surface area contributed by atoms with E-state index in [1.54, 1.807) is 6.92 Å². The van der Waals surface area contributed by atoms with Crippen molar-refractivity contribution in [1.29, 1.82) is 0 Å². The van der Waals surface area contributed by atoms with E-state index >= 15 is 0 Å². The van der Waals surface area contributed by atoms with Crippen molar-refractivity contribution in [3.05, 3.63) is 47.1 Å². The number of benzene rings is 1. The van der Waals surface area contributed by atoms with Crippen LogP contribution in [-0.2, 0) is 0 Å². The molecule has 1 saturated carbocycles. The average Bonchev–Trinajstić information content (AvgIpc) is 2.71. The zero-order chi connectivity index (χ0) is 14.1. The van der Waals surface area contributed by atoms with Crippen LogP contribution in [0.3, 0.4) is 0 Å². The Balaban J connectivity index is 2.09. The molecule has 4 nitrogen and oxygen atoms in total. The summed E-state index contributed by atoms with van der Waals surface area (Å²) in [7, 11) is 0. The molecule has 0 aliphatic heterocycles. The molecular formula is C16H20N2O2. The first-order chi connectivity index (χ1) is 9.70.